The van der Waals surface area contributed by atoms with Crippen molar-refractivity contribution in [2.24, 2.45) is 0 Å². The Morgan fingerprint density at radius 2 is 2.04 bits per heavy atom. The third-order valence-corrected chi connectivity index (χ3v) is 4.98. The number of likely N-dealkylation sites (N-methyl/N-ethyl adjacent to an activating group) is 2. The highest BCUT2D eigenvalue weighted by atomic mass is 19.1. The number of morpholine rings is 1. The molecule has 1 aromatic carbocycles. The third-order valence-electron chi connectivity index (χ3n) is 4.98. The van der Waals surface area contributed by atoms with Crippen molar-refractivity contribution in [2.75, 3.05) is 52.9 Å². The first-order chi connectivity index (χ1) is 13.3. The van der Waals surface area contributed by atoms with E-state index in [-0.39, 0.29) is 37.0 Å². The zero-order valence-corrected chi connectivity index (χ0v) is 16.8. The quantitative estimate of drug-likeness (QED) is 0.682. The van der Waals surface area contributed by atoms with Crippen molar-refractivity contribution in [2.45, 2.75) is 26.0 Å². The summed E-state index contributed by atoms with van der Waals surface area (Å²) in [5.74, 6) is -1.16. The number of carbonyl (C=O) groups excluding carboxylic acids is 1. The van der Waals surface area contributed by atoms with Crippen molar-refractivity contribution in [3.63, 3.8) is 0 Å². The lowest BCUT2D eigenvalue weighted by Crippen LogP contribution is -2.51. The van der Waals surface area contributed by atoms with Gasteiger partial charge in [0.05, 0.1) is 31.8 Å². The van der Waals surface area contributed by atoms with Gasteiger partial charge in [-0.2, -0.15) is 0 Å². The smallest absolute Gasteiger partial charge is 0.317 e. The van der Waals surface area contributed by atoms with E-state index in [0.717, 1.165) is 5.56 Å². The minimum atomic E-state index is -0.876. The summed E-state index contributed by atoms with van der Waals surface area (Å²) >= 11 is 0. The Balaban J connectivity index is 1.92. The van der Waals surface area contributed by atoms with E-state index in [0.29, 0.717) is 32.8 Å². The van der Waals surface area contributed by atoms with E-state index in [2.05, 4.69) is 0 Å². The Labute approximate surface area is 165 Å². The van der Waals surface area contributed by atoms with Crippen LogP contribution in [0.3, 0.4) is 0 Å². The lowest BCUT2D eigenvalue weighted by Gasteiger charge is -2.36. The molecule has 0 aromatic heterocycles. The summed E-state index contributed by atoms with van der Waals surface area (Å²) in [5.41, 5.74) is 0.895. The summed E-state index contributed by atoms with van der Waals surface area (Å²) < 4.78 is 18.9. The Morgan fingerprint density at radius 1 is 1.36 bits per heavy atom. The molecule has 1 saturated heterocycles. The second-order valence-electron chi connectivity index (χ2n) is 7.23. The highest BCUT2D eigenvalue weighted by Gasteiger charge is 2.27. The number of hydrogen-bond acceptors (Lipinski definition) is 5. The van der Waals surface area contributed by atoms with Gasteiger partial charge in [-0.3, -0.25) is 19.4 Å². The number of hydrogen-bond donors (Lipinski definition) is 1. The van der Waals surface area contributed by atoms with Gasteiger partial charge in [-0.25, -0.2) is 4.39 Å². The van der Waals surface area contributed by atoms with Crippen molar-refractivity contribution < 1.29 is 23.8 Å². The van der Waals surface area contributed by atoms with E-state index in [1.54, 1.807) is 29.0 Å². The minimum Gasteiger partial charge on any atom is -0.480 e. The molecule has 1 fully saturated rings. The lowest BCUT2D eigenvalue weighted by atomic mass is 10.1. The van der Waals surface area contributed by atoms with Crippen LogP contribution < -0.4 is 0 Å². The first kappa shape index (κ1) is 22.3. The molecule has 0 aliphatic carbocycles. The zero-order chi connectivity index (χ0) is 20.7. The largest absolute Gasteiger partial charge is 0.480 e. The van der Waals surface area contributed by atoms with Crippen LogP contribution in [0.4, 0.5) is 4.39 Å². The Hall–Kier alpha value is -2.03. The van der Waals surface area contributed by atoms with Crippen LogP contribution in [0.15, 0.2) is 24.3 Å². The summed E-state index contributed by atoms with van der Waals surface area (Å²) in [6.45, 7) is 6.93. The molecule has 0 saturated carbocycles. The number of amides is 1. The highest BCUT2D eigenvalue weighted by molar-refractivity contribution is 5.78. The van der Waals surface area contributed by atoms with Crippen LogP contribution in [0, 0.1) is 5.82 Å². The molecule has 28 heavy (non-hydrogen) atoms. The van der Waals surface area contributed by atoms with E-state index in [1.165, 1.54) is 12.1 Å². The molecule has 1 amide bonds. The average molecular weight is 395 g/mol. The summed E-state index contributed by atoms with van der Waals surface area (Å²) in [5, 5.41) is 8.87. The Bertz CT molecular complexity index is 655. The molecular formula is C20H30FN3O4. The maximum Gasteiger partial charge on any atom is 0.317 e. The maximum absolute atomic E-state index is 13.2. The molecule has 156 valence electrons. The Kier molecular flexibility index (Phi) is 8.35. The van der Waals surface area contributed by atoms with Crippen molar-refractivity contribution >= 4 is 11.9 Å². The second-order valence-corrected chi connectivity index (χ2v) is 7.23. The zero-order valence-electron chi connectivity index (χ0n) is 16.8. The number of carbonyl (C=O) groups is 2. The molecule has 2 rings (SSSR count). The first-order valence-corrected chi connectivity index (χ1v) is 9.59. The normalized spacial score (nSPS) is 18.8. The molecular weight excluding hydrogens is 365 g/mol. The fraction of sp³-hybridized carbons (Fsp3) is 0.600. The SMILES string of the molecule is CCN(C(=O)CN1CCOC(CN(C)CC(=O)O)C1)C(C)c1ccc(F)cc1. The number of ether oxygens (including phenoxy) is 1. The number of carboxylic acid groups (broad SMARTS) is 1. The molecule has 0 spiro atoms. The molecule has 1 N–H and O–H groups in total. The van der Waals surface area contributed by atoms with Gasteiger partial charge < -0.3 is 14.7 Å². The van der Waals surface area contributed by atoms with Gasteiger partial charge in [0.2, 0.25) is 5.91 Å². The van der Waals surface area contributed by atoms with Crippen molar-refractivity contribution in [3.8, 4) is 0 Å². The van der Waals surface area contributed by atoms with Crippen LogP contribution in [0.2, 0.25) is 0 Å². The maximum atomic E-state index is 13.2. The highest BCUT2D eigenvalue weighted by Crippen LogP contribution is 2.21. The van der Waals surface area contributed by atoms with Crippen LogP contribution in [0.1, 0.15) is 25.5 Å². The molecule has 2 unspecified atom stereocenters. The van der Waals surface area contributed by atoms with Crippen LogP contribution in [0.25, 0.3) is 0 Å². The fourth-order valence-corrected chi connectivity index (χ4v) is 3.55. The lowest BCUT2D eigenvalue weighted by molar-refractivity contribution is -0.138. The molecule has 2 atom stereocenters. The molecule has 7 nitrogen and oxygen atoms in total. The van der Waals surface area contributed by atoms with Gasteiger partial charge in [-0.05, 0) is 38.6 Å². The average Bonchev–Trinajstić information content (AvgIpc) is 2.62. The van der Waals surface area contributed by atoms with Gasteiger partial charge >= 0.3 is 5.97 Å². The Morgan fingerprint density at radius 3 is 2.64 bits per heavy atom. The molecule has 1 aromatic rings. The van der Waals surface area contributed by atoms with E-state index < -0.39 is 5.97 Å². The van der Waals surface area contributed by atoms with Crippen LogP contribution in [0.5, 0.6) is 0 Å². The van der Waals surface area contributed by atoms with E-state index in [4.69, 9.17) is 9.84 Å². The van der Waals surface area contributed by atoms with Crippen molar-refractivity contribution in [1.82, 2.24) is 14.7 Å². The van der Waals surface area contributed by atoms with Crippen LogP contribution in [-0.2, 0) is 14.3 Å². The summed E-state index contributed by atoms with van der Waals surface area (Å²) in [4.78, 5) is 29.2. The molecule has 1 heterocycles. The topological polar surface area (TPSA) is 73.3 Å². The molecule has 0 radical (unpaired) electrons. The van der Waals surface area contributed by atoms with E-state index in [9.17, 15) is 14.0 Å². The van der Waals surface area contributed by atoms with Crippen LogP contribution >= 0.6 is 0 Å². The monoisotopic (exact) mass is 395 g/mol. The van der Waals surface area contributed by atoms with Gasteiger partial charge in [0, 0.05) is 26.2 Å². The number of aliphatic carboxylic acids is 1. The fourth-order valence-electron chi connectivity index (χ4n) is 3.55. The van der Waals surface area contributed by atoms with Crippen molar-refractivity contribution in [1.29, 1.82) is 0 Å². The minimum absolute atomic E-state index is 0.0128. The molecule has 0 bridgehead atoms. The number of halogens is 1. The standard InChI is InChI=1S/C20H30FN3O4/c1-4-24(15(2)16-5-7-17(21)8-6-16)19(25)13-23-9-10-28-18(12-23)11-22(3)14-20(26)27/h5-8,15,18H,4,9-14H2,1-3H3,(H,26,27). The number of rotatable bonds is 9. The predicted molar refractivity (Wildman–Crippen MR) is 104 cm³/mol. The van der Waals surface area contributed by atoms with Gasteiger partial charge in [0.1, 0.15) is 5.82 Å². The van der Waals surface area contributed by atoms with E-state index in [1.807, 2.05) is 18.7 Å². The van der Waals surface area contributed by atoms with Gasteiger partial charge in [-0.1, -0.05) is 12.1 Å². The number of benzene rings is 1. The predicted octanol–water partition coefficient (Wildman–Crippen LogP) is 1.45. The molecule has 8 heteroatoms. The summed E-state index contributed by atoms with van der Waals surface area (Å²) in [7, 11) is 1.74. The van der Waals surface area contributed by atoms with Gasteiger partial charge in [-0.15, -0.1) is 0 Å². The molecule has 1 aliphatic rings. The van der Waals surface area contributed by atoms with E-state index >= 15 is 0 Å². The third kappa shape index (κ3) is 6.54. The van der Waals surface area contributed by atoms with Gasteiger partial charge in [0.15, 0.2) is 0 Å². The molecule has 1 aliphatic heterocycles. The van der Waals surface area contributed by atoms with Crippen molar-refractivity contribution in [3.05, 3.63) is 35.6 Å². The number of nitrogens with zero attached hydrogens (tertiary/aromatic N) is 3. The van der Waals surface area contributed by atoms with Crippen LogP contribution in [-0.4, -0.2) is 90.7 Å². The first-order valence-electron chi connectivity index (χ1n) is 9.59. The van der Waals surface area contributed by atoms with Gasteiger partial charge in [0.25, 0.3) is 0 Å². The second kappa shape index (κ2) is 10.5. The summed E-state index contributed by atoms with van der Waals surface area (Å²) in [6, 6.07) is 6.09. The number of carboxylic acids is 1. The summed E-state index contributed by atoms with van der Waals surface area (Å²) in [6.07, 6.45) is -0.129.